The molecular formula is C25H23FN6O. The molecule has 0 saturated carbocycles. The maximum absolute atomic E-state index is 13.1. The van der Waals surface area contributed by atoms with Crippen molar-refractivity contribution in [2.45, 2.75) is 25.3 Å². The standard InChI is InChI=1S/C25H23FN6O/c26-18-4-1-16(2-5-18)24(33)12-20-11-22-17(13-29-20)3-6-21(31-22)23-14-28-15-25(32-23)30-19-7-9-27-10-8-19/h1-6,11,13-15,19,27H,7-10,12H2,(H,30,32). The summed E-state index contributed by atoms with van der Waals surface area (Å²) in [7, 11) is 0. The SMILES string of the molecule is O=C(Cc1cc2nc(-c3cncc(NC4CCNCC4)n3)ccc2cn1)c1ccc(F)cc1. The highest BCUT2D eigenvalue weighted by molar-refractivity contribution is 5.97. The quantitative estimate of drug-likeness (QED) is 0.439. The van der Waals surface area contributed by atoms with Gasteiger partial charge in [-0.05, 0) is 68.4 Å². The average Bonchev–Trinajstić information content (AvgIpc) is 2.85. The minimum atomic E-state index is -0.370. The number of hydrogen-bond acceptors (Lipinski definition) is 7. The zero-order valence-corrected chi connectivity index (χ0v) is 18.0. The molecule has 1 saturated heterocycles. The Morgan fingerprint density at radius 1 is 1.00 bits per heavy atom. The second-order valence-electron chi connectivity index (χ2n) is 8.13. The molecular weight excluding hydrogens is 419 g/mol. The molecule has 7 nitrogen and oxygen atoms in total. The largest absolute Gasteiger partial charge is 0.366 e. The molecule has 0 radical (unpaired) electrons. The first-order valence-electron chi connectivity index (χ1n) is 11.0. The van der Waals surface area contributed by atoms with Crippen molar-refractivity contribution in [3.8, 4) is 11.4 Å². The lowest BCUT2D eigenvalue weighted by Crippen LogP contribution is -2.35. The minimum absolute atomic E-state index is 0.114. The molecule has 0 unspecified atom stereocenters. The second kappa shape index (κ2) is 9.38. The molecule has 0 spiro atoms. The molecule has 4 aromatic rings. The van der Waals surface area contributed by atoms with Crippen LogP contribution in [0.3, 0.4) is 0 Å². The summed E-state index contributed by atoms with van der Waals surface area (Å²) in [5.41, 5.74) is 3.16. The molecule has 4 heterocycles. The van der Waals surface area contributed by atoms with Crippen LogP contribution in [0, 0.1) is 5.82 Å². The van der Waals surface area contributed by atoms with Crippen molar-refractivity contribution in [3.63, 3.8) is 0 Å². The van der Waals surface area contributed by atoms with Crippen molar-refractivity contribution in [1.29, 1.82) is 0 Å². The zero-order valence-electron chi connectivity index (χ0n) is 18.0. The molecule has 1 aliphatic rings. The van der Waals surface area contributed by atoms with Crippen LogP contribution in [0.4, 0.5) is 10.2 Å². The molecule has 2 N–H and O–H groups in total. The van der Waals surface area contributed by atoms with Crippen molar-refractivity contribution in [2.24, 2.45) is 0 Å². The van der Waals surface area contributed by atoms with Crippen LogP contribution >= 0.6 is 0 Å². The predicted octanol–water partition coefficient (Wildman–Crippen LogP) is 3.82. The zero-order chi connectivity index (χ0) is 22.6. The fraction of sp³-hybridized carbons (Fsp3) is 0.240. The molecule has 1 aromatic carbocycles. The van der Waals surface area contributed by atoms with E-state index >= 15 is 0 Å². The molecule has 0 aliphatic carbocycles. The molecule has 5 rings (SSSR count). The number of carbonyl (C=O) groups is 1. The Bertz CT molecular complexity index is 1290. The predicted molar refractivity (Wildman–Crippen MR) is 125 cm³/mol. The highest BCUT2D eigenvalue weighted by Gasteiger charge is 2.14. The third-order valence-corrected chi connectivity index (χ3v) is 5.73. The van der Waals surface area contributed by atoms with E-state index in [9.17, 15) is 9.18 Å². The summed E-state index contributed by atoms with van der Waals surface area (Å²) in [5, 5.41) is 7.69. The molecule has 1 aliphatic heterocycles. The molecule has 0 amide bonds. The number of nitrogens with one attached hydrogen (secondary N) is 2. The maximum atomic E-state index is 13.1. The van der Waals surface area contributed by atoms with E-state index < -0.39 is 0 Å². The number of rotatable bonds is 6. The Kier molecular flexibility index (Phi) is 5.99. The minimum Gasteiger partial charge on any atom is -0.366 e. The first-order valence-corrected chi connectivity index (χ1v) is 11.0. The van der Waals surface area contributed by atoms with Crippen molar-refractivity contribution in [3.05, 3.63) is 78.1 Å². The van der Waals surface area contributed by atoms with E-state index in [0.717, 1.165) is 42.7 Å². The number of piperidine rings is 1. The van der Waals surface area contributed by atoms with Crippen LogP contribution in [0.1, 0.15) is 28.9 Å². The Morgan fingerprint density at radius 3 is 2.64 bits per heavy atom. The number of fused-ring (bicyclic) bond motifs is 1. The maximum Gasteiger partial charge on any atom is 0.168 e. The van der Waals surface area contributed by atoms with Crippen molar-refractivity contribution in [2.75, 3.05) is 18.4 Å². The average molecular weight is 442 g/mol. The van der Waals surface area contributed by atoms with Crippen LogP contribution in [0.2, 0.25) is 0 Å². The normalized spacial score (nSPS) is 14.3. The van der Waals surface area contributed by atoms with Crippen LogP contribution in [0.15, 0.2) is 61.1 Å². The Morgan fingerprint density at radius 2 is 1.82 bits per heavy atom. The van der Waals surface area contributed by atoms with Crippen LogP contribution < -0.4 is 10.6 Å². The van der Waals surface area contributed by atoms with E-state index in [2.05, 4.69) is 20.6 Å². The van der Waals surface area contributed by atoms with Gasteiger partial charge >= 0.3 is 0 Å². The Balaban J connectivity index is 1.37. The van der Waals surface area contributed by atoms with Crippen LogP contribution in [-0.4, -0.2) is 44.9 Å². The van der Waals surface area contributed by atoms with Gasteiger partial charge in [-0.15, -0.1) is 0 Å². The number of hydrogen-bond donors (Lipinski definition) is 2. The molecule has 0 bridgehead atoms. The third kappa shape index (κ3) is 5.01. The van der Waals surface area contributed by atoms with Gasteiger partial charge in [-0.1, -0.05) is 0 Å². The summed E-state index contributed by atoms with van der Waals surface area (Å²) in [6.07, 6.45) is 7.35. The van der Waals surface area contributed by atoms with Gasteiger partial charge in [0, 0.05) is 23.2 Å². The highest BCUT2D eigenvalue weighted by Crippen LogP contribution is 2.21. The Hall–Kier alpha value is -3.78. The summed E-state index contributed by atoms with van der Waals surface area (Å²) in [6, 6.07) is 11.6. The monoisotopic (exact) mass is 442 g/mol. The van der Waals surface area contributed by atoms with Crippen LogP contribution in [0.25, 0.3) is 22.3 Å². The summed E-state index contributed by atoms with van der Waals surface area (Å²) in [6.45, 7) is 1.99. The van der Waals surface area contributed by atoms with Gasteiger partial charge in [0.1, 0.15) is 17.3 Å². The first kappa shape index (κ1) is 21.1. The van der Waals surface area contributed by atoms with E-state index in [1.54, 1.807) is 18.6 Å². The number of ketones is 1. The van der Waals surface area contributed by atoms with Gasteiger partial charge in [-0.25, -0.2) is 14.4 Å². The molecule has 8 heteroatoms. The summed E-state index contributed by atoms with van der Waals surface area (Å²) in [5.74, 6) is 0.243. The van der Waals surface area contributed by atoms with E-state index in [0.29, 0.717) is 28.7 Å². The van der Waals surface area contributed by atoms with E-state index in [1.807, 2.05) is 18.2 Å². The molecule has 166 valence electrons. The number of Topliss-reactive ketones (excluding diaryl/α,β-unsaturated/α-hetero) is 1. The molecule has 0 atom stereocenters. The third-order valence-electron chi connectivity index (χ3n) is 5.73. The summed E-state index contributed by atoms with van der Waals surface area (Å²) < 4.78 is 13.1. The number of aromatic nitrogens is 4. The lowest BCUT2D eigenvalue weighted by atomic mass is 10.1. The van der Waals surface area contributed by atoms with Gasteiger partial charge in [0.05, 0.1) is 35.7 Å². The van der Waals surface area contributed by atoms with Gasteiger partial charge in [0.2, 0.25) is 0 Å². The van der Waals surface area contributed by atoms with E-state index in [-0.39, 0.29) is 18.0 Å². The van der Waals surface area contributed by atoms with E-state index in [4.69, 9.17) is 9.97 Å². The second-order valence-corrected chi connectivity index (χ2v) is 8.13. The topological polar surface area (TPSA) is 92.7 Å². The lowest BCUT2D eigenvalue weighted by Gasteiger charge is -2.24. The molecule has 3 aromatic heterocycles. The number of carbonyl (C=O) groups excluding carboxylic acids is 1. The van der Waals surface area contributed by atoms with Gasteiger partial charge in [-0.3, -0.25) is 14.8 Å². The van der Waals surface area contributed by atoms with Gasteiger partial charge < -0.3 is 10.6 Å². The van der Waals surface area contributed by atoms with Gasteiger partial charge in [0.15, 0.2) is 5.78 Å². The van der Waals surface area contributed by atoms with Crippen LogP contribution in [0.5, 0.6) is 0 Å². The van der Waals surface area contributed by atoms with Crippen molar-refractivity contribution >= 4 is 22.5 Å². The van der Waals surface area contributed by atoms with Gasteiger partial charge in [-0.2, -0.15) is 0 Å². The number of nitrogens with zero attached hydrogens (tertiary/aromatic N) is 4. The van der Waals surface area contributed by atoms with Crippen molar-refractivity contribution < 1.29 is 9.18 Å². The Labute approximate surface area is 190 Å². The fourth-order valence-electron chi connectivity index (χ4n) is 3.93. The van der Waals surface area contributed by atoms with Gasteiger partial charge in [0.25, 0.3) is 0 Å². The molecule has 1 fully saturated rings. The number of halogens is 1. The number of pyridine rings is 2. The smallest absolute Gasteiger partial charge is 0.168 e. The van der Waals surface area contributed by atoms with Crippen LogP contribution in [-0.2, 0) is 6.42 Å². The number of benzene rings is 1. The fourth-order valence-corrected chi connectivity index (χ4v) is 3.93. The highest BCUT2D eigenvalue weighted by atomic mass is 19.1. The summed E-state index contributed by atoms with van der Waals surface area (Å²) in [4.78, 5) is 30.7. The lowest BCUT2D eigenvalue weighted by molar-refractivity contribution is 0.0992. The summed E-state index contributed by atoms with van der Waals surface area (Å²) >= 11 is 0. The number of anilines is 1. The van der Waals surface area contributed by atoms with Crippen molar-refractivity contribution in [1.82, 2.24) is 25.3 Å². The molecule has 33 heavy (non-hydrogen) atoms. The first-order chi connectivity index (χ1) is 16.1. The van der Waals surface area contributed by atoms with E-state index in [1.165, 1.54) is 24.3 Å².